The Morgan fingerprint density at radius 1 is 1.12 bits per heavy atom. The van der Waals surface area contributed by atoms with E-state index in [1.54, 1.807) is 0 Å². The summed E-state index contributed by atoms with van der Waals surface area (Å²) < 4.78 is 0. The van der Waals surface area contributed by atoms with Crippen LogP contribution >= 0.6 is 0 Å². The molecule has 1 aliphatic heterocycles. The summed E-state index contributed by atoms with van der Waals surface area (Å²) in [6.07, 6.45) is 8.23. The van der Waals surface area contributed by atoms with E-state index in [0.29, 0.717) is 5.54 Å². The lowest BCUT2D eigenvalue weighted by Gasteiger charge is -2.50. The fourth-order valence-electron chi connectivity index (χ4n) is 3.55. The van der Waals surface area contributed by atoms with Gasteiger partial charge in [0, 0.05) is 18.6 Å². The van der Waals surface area contributed by atoms with Crippen molar-refractivity contribution in [1.29, 1.82) is 0 Å². The number of nitrogens with zero attached hydrogens (tertiary/aromatic N) is 1. The van der Waals surface area contributed by atoms with E-state index < -0.39 is 0 Å². The standard InChI is InChI=1S/C14H28N2/c1-12-6-9-16(10-13(12)2)14(11-15)7-4-3-5-8-14/h12-13H,3-11,15H2,1-2H3. The van der Waals surface area contributed by atoms with E-state index in [1.807, 2.05) is 0 Å². The monoisotopic (exact) mass is 224 g/mol. The van der Waals surface area contributed by atoms with E-state index in [4.69, 9.17) is 5.73 Å². The minimum atomic E-state index is 0.368. The van der Waals surface area contributed by atoms with E-state index in [2.05, 4.69) is 18.7 Å². The third-order valence-corrected chi connectivity index (χ3v) is 5.17. The first-order chi connectivity index (χ1) is 7.68. The van der Waals surface area contributed by atoms with Crippen molar-refractivity contribution in [3.8, 4) is 0 Å². The number of rotatable bonds is 2. The molecule has 1 saturated heterocycles. The van der Waals surface area contributed by atoms with E-state index in [0.717, 1.165) is 18.4 Å². The predicted molar refractivity (Wildman–Crippen MR) is 69.4 cm³/mol. The van der Waals surface area contributed by atoms with Gasteiger partial charge in [-0.15, -0.1) is 0 Å². The van der Waals surface area contributed by atoms with Gasteiger partial charge in [-0.2, -0.15) is 0 Å². The smallest absolute Gasteiger partial charge is 0.0331 e. The summed E-state index contributed by atoms with van der Waals surface area (Å²) in [5.74, 6) is 1.74. The second-order valence-electron chi connectivity index (χ2n) is 6.18. The van der Waals surface area contributed by atoms with E-state index in [-0.39, 0.29) is 0 Å². The number of hydrogen-bond acceptors (Lipinski definition) is 2. The molecule has 0 aromatic carbocycles. The van der Waals surface area contributed by atoms with Crippen molar-refractivity contribution in [2.24, 2.45) is 17.6 Å². The van der Waals surface area contributed by atoms with Crippen molar-refractivity contribution >= 4 is 0 Å². The number of hydrogen-bond donors (Lipinski definition) is 1. The highest BCUT2D eigenvalue weighted by molar-refractivity contribution is 4.96. The van der Waals surface area contributed by atoms with E-state index in [1.165, 1.54) is 51.6 Å². The van der Waals surface area contributed by atoms with Crippen molar-refractivity contribution < 1.29 is 0 Å². The fraction of sp³-hybridized carbons (Fsp3) is 1.00. The number of likely N-dealkylation sites (tertiary alicyclic amines) is 1. The van der Waals surface area contributed by atoms with E-state index >= 15 is 0 Å². The Balaban J connectivity index is 2.03. The van der Waals surface area contributed by atoms with Gasteiger partial charge in [0.2, 0.25) is 0 Å². The maximum atomic E-state index is 6.11. The van der Waals surface area contributed by atoms with Gasteiger partial charge >= 0.3 is 0 Å². The molecule has 1 saturated carbocycles. The van der Waals surface area contributed by atoms with Gasteiger partial charge in [0.1, 0.15) is 0 Å². The van der Waals surface area contributed by atoms with Gasteiger partial charge < -0.3 is 5.73 Å². The topological polar surface area (TPSA) is 29.3 Å². The first-order valence-electron chi connectivity index (χ1n) is 7.13. The van der Waals surface area contributed by atoms with Gasteiger partial charge in [-0.1, -0.05) is 33.1 Å². The summed E-state index contributed by atoms with van der Waals surface area (Å²) in [6.45, 7) is 8.23. The summed E-state index contributed by atoms with van der Waals surface area (Å²) in [7, 11) is 0. The van der Waals surface area contributed by atoms with Gasteiger partial charge in [0.05, 0.1) is 0 Å². The van der Waals surface area contributed by atoms with Crippen molar-refractivity contribution in [3.05, 3.63) is 0 Å². The zero-order valence-corrected chi connectivity index (χ0v) is 11.0. The van der Waals surface area contributed by atoms with Crippen molar-refractivity contribution in [2.75, 3.05) is 19.6 Å². The maximum absolute atomic E-state index is 6.11. The number of piperidine rings is 1. The molecule has 0 spiro atoms. The first kappa shape index (κ1) is 12.4. The average Bonchev–Trinajstić information content (AvgIpc) is 2.33. The SMILES string of the molecule is CC1CCN(C2(CN)CCCCC2)CC1C. The molecular formula is C14H28N2. The molecule has 0 aromatic rings. The summed E-state index contributed by atoms with van der Waals surface area (Å²) in [4.78, 5) is 2.73. The minimum absolute atomic E-state index is 0.368. The van der Waals surface area contributed by atoms with Crippen molar-refractivity contribution in [3.63, 3.8) is 0 Å². The van der Waals surface area contributed by atoms with Gasteiger partial charge in [-0.05, 0) is 37.6 Å². The largest absolute Gasteiger partial charge is 0.329 e. The second-order valence-corrected chi connectivity index (χ2v) is 6.18. The Bertz CT molecular complexity index is 221. The van der Waals surface area contributed by atoms with Crippen LogP contribution in [-0.4, -0.2) is 30.1 Å². The molecule has 1 aliphatic carbocycles. The summed E-state index contributed by atoms with van der Waals surface area (Å²) in [5, 5.41) is 0. The summed E-state index contributed by atoms with van der Waals surface area (Å²) in [5.41, 5.74) is 6.48. The average molecular weight is 224 g/mol. The van der Waals surface area contributed by atoms with Crippen molar-refractivity contribution in [2.45, 2.75) is 57.9 Å². The molecule has 2 unspecified atom stereocenters. The highest BCUT2D eigenvalue weighted by Gasteiger charge is 2.39. The van der Waals surface area contributed by atoms with Crippen LogP contribution in [0.2, 0.25) is 0 Å². The fourth-order valence-corrected chi connectivity index (χ4v) is 3.55. The molecule has 2 nitrogen and oxygen atoms in total. The molecule has 1 heterocycles. The second kappa shape index (κ2) is 5.05. The molecule has 2 aliphatic rings. The Morgan fingerprint density at radius 2 is 1.81 bits per heavy atom. The quantitative estimate of drug-likeness (QED) is 0.781. The molecule has 0 amide bonds. The van der Waals surface area contributed by atoms with Crippen LogP contribution in [0.1, 0.15) is 52.4 Å². The molecule has 2 rings (SSSR count). The first-order valence-corrected chi connectivity index (χ1v) is 7.13. The van der Waals surface area contributed by atoms with Crippen LogP contribution in [0.5, 0.6) is 0 Å². The van der Waals surface area contributed by atoms with Crippen LogP contribution in [0.4, 0.5) is 0 Å². The summed E-state index contributed by atoms with van der Waals surface area (Å²) in [6, 6.07) is 0. The zero-order chi connectivity index (χ0) is 11.6. The van der Waals surface area contributed by atoms with Gasteiger partial charge in [-0.25, -0.2) is 0 Å². The number of nitrogens with two attached hydrogens (primary N) is 1. The highest BCUT2D eigenvalue weighted by atomic mass is 15.2. The molecule has 2 heteroatoms. The van der Waals surface area contributed by atoms with Crippen LogP contribution in [-0.2, 0) is 0 Å². The van der Waals surface area contributed by atoms with Crippen LogP contribution < -0.4 is 5.73 Å². The minimum Gasteiger partial charge on any atom is -0.329 e. The Morgan fingerprint density at radius 3 is 2.38 bits per heavy atom. The summed E-state index contributed by atoms with van der Waals surface area (Å²) >= 11 is 0. The van der Waals surface area contributed by atoms with Gasteiger partial charge in [-0.3, -0.25) is 4.90 Å². The molecular weight excluding hydrogens is 196 g/mol. The van der Waals surface area contributed by atoms with Crippen LogP contribution in [0.15, 0.2) is 0 Å². The molecule has 2 fully saturated rings. The van der Waals surface area contributed by atoms with Crippen LogP contribution in [0.3, 0.4) is 0 Å². The molecule has 16 heavy (non-hydrogen) atoms. The highest BCUT2D eigenvalue weighted by Crippen LogP contribution is 2.36. The predicted octanol–water partition coefficient (Wildman–Crippen LogP) is 2.63. The van der Waals surface area contributed by atoms with Gasteiger partial charge in [0.15, 0.2) is 0 Å². The zero-order valence-electron chi connectivity index (χ0n) is 11.0. The Labute approximate surface area is 101 Å². The lowest BCUT2D eigenvalue weighted by Crippen LogP contribution is -2.58. The lowest BCUT2D eigenvalue weighted by molar-refractivity contribution is 0.00724. The van der Waals surface area contributed by atoms with Crippen molar-refractivity contribution in [1.82, 2.24) is 4.90 Å². The lowest BCUT2D eigenvalue weighted by atomic mass is 9.77. The maximum Gasteiger partial charge on any atom is 0.0331 e. The molecule has 94 valence electrons. The third-order valence-electron chi connectivity index (χ3n) is 5.17. The molecule has 0 bridgehead atoms. The molecule has 2 atom stereocenters. The van der Waals surface area contributed by atoms with E-state index in [9.17, 15) is 0 Å². The third kappa shape index (κ3) is 2.28. The normalized spacial score (nSPS) is 36.2. The van der Waals surface area contributed by atoms with Gasteiger partial charge in [0.25, 0.3) is 0 Å². The Kier molecular flexibility index (Phi) is 3.91. The Hall–Kier alpha value is -0.0800. The molecule has 0 radical (unpaired) electrons. The van der Waals surface area contributed by atoms with Crippen LogP contribution in [0.25, 0.3) is 0 Å². The molecule has 0 aromatic heterocycles. The molecule has 2 N–H and O–H groups in total. The van der Waals surface area contributed by atoms with Crippen LogP contribution in [0, 0.1) is 11.8 Å².